The molecule has 2 amide bonds. The van der Waals surface area contributed by atoms with Gasteiger partial charge in [0.05, 0.1) is 0 Å². The standard InChI is InChI=1S/C15H23ClN4O.C4H4O4/c1-18(2)7-6-17-15(21)20-10-8-19(9-11-20)14-5-3-4-13(16)12-14;5-3(6)1-2-4(7)8/h3-5,12H,6-11H2,1-2H3,(H,17,21);1-2H,(H,5,6)(H,7,8)/b;2-1-. The summed E-state index contributed by atoms with van der Waals surface area (Å²) in [5, 5.41) is 19.3. The van der Waals surface area contributed by atoms with Crippen LogP contribution >= 0.6 is 11.6 Å². The van der Waals surface area contributed by atoms with Crippen molar-refractivity contribution in [3.05, 3.63) is 41.4 Å². The molecule has 9 nitrogen and oxygen atoms in total. The van der Waals surface area contributed by atoms with Crippen LogP contribution in [0.4, 0.5) is 10.5 Å². The van der Waals surface area contributed by atoms with Crippen molar-refractivity contribution < 1.29 is 24.6 Å². The molecule has 160 valence electrons. The molecule has 10 heteroatoms. The van der Waals surface area contributed by atoms with Gasteiger partial charge in [0, 0.05) is 62.1 Å². The van der Waals surface area contributed by atoms with E-state index < -0.39 is 11.9 Å². The summed E-state index contributed by atoms with van der Waals surface area (Å²) < 4.78 is 0. The molecule has 1 aliphatic rings. The van der Waals surface area contributed by atoms with Crippen LogP contribution in [0.1, 0.15) is 0 Å². The Bertz CT molecular complexity index is 702. The van der Waals surface area contributed by atoms with Crippen LogP contribution in [0.25, 0.3) is 0 Å². The Balaban J connectivity index is 0.000000447. The fraction of sp³-hybridized carbons (Fsp3) is 0.421. The van der Waals surface area contributed by atoms with Gasteiger partial charge >= 0.3 is 18.0 Å². The number of nitrogens with zero attached hydrogens (tertiary/aromatic N) is 3. The maximum Gasteiger partial charge on any atom is 0.328 e. The Labute approximate surface area is 175 Å². The molecule has 0 aliphatic carbocycles. The molecule has 0 spiro atoms. The summed E-state index contributed by atoms with van der Waals surface area (Å²) in [6.45, 7) is 4.68. The fourth-order valence-corrected chi connectivity index (χ4v) is 2.67. The minimum Gasteiger partial charge on any atom is -0.478 e. The lowest BCUT2D eigenvalue weighted by Crippen LogP contribution is -2.52. The van der Waals surface area contributed by atoms with Crippen molar-refractivity contribution in [1.82, 2.24) is 15.1 Å². The number of aliphatic carboxylic acids is 2. The fourth-order valence-electron chi connectivity index (χ4n) is 2.48. The second-order valence-corrected chi connectivity index (χ2v) is 6.94. The van der Waals surface area contributed by atoms with Crippen molar-refractivity contribution in [2.45, 2.75) is 0 Å². The van der Waals surface area contributed by atoms with Crippen LogP contribution in [-0.4, -0.2) is 91.3 Å². The van der Waals surface area contributed by atoms with E-state index >= 15 is 0 Å². The third-order valence-electron chi connectivity index (χ3n) is 3.94. The highest BCUT2D eigenvalue weighted by atomic mass is 35.5. The number of halogens is 1. The van der Waals surface area contributed by atoms with Gasteiger partial charge in [-0.2, -0.15) is 0 Å². The van der Waals surface area contributed by atoms with Gasteiger partial charge in [-0.3, -0.25) is 0 Å². The van der Waals surface area contributed by atoms with Gasteiger partial charge in [0.2, 0.25) is 0 Å². The second kappa shape index (κ2) is 12.6. The number of piperazine rings is 1. The van der Waals surface area contributed by atoms with Crippen molar-refractivity contribution in [3.63, 3.8) is 0 Å². The lowest BCUT2D eigenvalue weighted by Gasteiger charge is -2.36. The smallest absolute Gasteiger partial charge is 0.328 e. The highest BCUT2D eigenvalue weighted by molar-refractivity contribution is 6.30. The van der Waals surface area contributed by atoms with E-state index in [1.54, 1.807) is 0 Å². The van der Waals surface area contributed by atoms with Crippen LogP contribution < -0.4 is 10.2 Å². The monoisotopic (exact) mass is 426 g/mol. The Morgan fingerprint density at radius 2 is 1.69 bits per heavy atom. The molecule has 29 heavy (non-hydrogen) atoms. The van der Waals surface area contributed by atoms with Crippen LogP contribution in [0.2, 0.25) is 5.02 Å². The van der Waals surface area contributed by atoms with Gasteiger partial charge in [-0.1, -0.05) is 17.7 Å². The number of urea groups is 1. The van der Waals surface area contributed by atoms with Crippen LogP contribution in [0.5, 0.6) is 0 Å². The molecule has 1 heterocycles. The topological polar surface area (TPSA) is 113 Å². The number of carbonyl (C=O) groups is 3. The van der Waals surface area contributed by atoms with E-state index in [0.717, 1.165) is 43.4 Å². The molecule has 1 aromatic rings. The van der Waals surface area contributed by atoms with Crippen LogP contribution in [0.3, 0.4) is 0 Å². The Morgan fingerprint density at radius 3 is 2.17 bits per heavy atom. The largest absolute Gasteiger partial charge is 0.478 e. The Morgan fingerprint density at radius 1 is 1.10 bits per heavy atom. The van der Waals surface area contributed by atoms with Gasteiger partial charge in [-0.15, -0.1) is 0 Å². The SMILES string of the molecule is CN(C)CCNC(=O)N1CCN(c2cccc(Cl)c2)CC1.O=C(O)/C=C\C(=O)O. The van der Waals surface area contributed by atoms with Gasteiger partial charge in [-0.05, 0) is 32.3 Å². The van der Waals surface area contributed by atoms with E-state index in [1.807, 2.05) is 37.2 Å². The van der Waals surface area contributed by atoms with Crippen LogP contribution in [-0.2, 0) is 9.59 Å². The van der Waals surface area contributed by atoms with Crippen LogP contribution in [0.15, 0.2) is 36.4 Å². The quantitative estimate of drug-likeness (QED) is 0.590. The normalized spacial score (nSPS) is 13.8. The third-order valence-corrected chi connectivity index (χ3v) is 4.18. The average Bonchev–Trinajstić information content (AvgIpc) is 2.66. The summed E-state index contributed by atoms with van der Waals surface area (Å²) in [5.41, 5.74) is 1.12. The number of likely N-dealkylation sites (N-methyl/N-ethyl adjacent to an activating group) is 1. The molecule has 0 bridgehead atoms. The molecular formula is C19H27ClN4O5. The highest BCUT2D eigenvalue weighted by Crippen LogP contribution is 2.20. The van der Waals surface area contributed by atoms with Gasteiger partial charge < -0.3 is 30.2 Å². The first kappa shape index (κ1) is 24.3. The number of nitrogens with one attached hydrogen (secondary N) is 1. The number of carboxylic acid groups (broad SMARTS) is 2. The Hall–Kier alpha value is -2.78. The molecule has 1 aromatic carbocycles. The summed E-state index contributed by atoms with van der Waals surface area (Å²) in [5.74, 6) is -2.51. The summed E-state index contributed by atoms with van der Waals surface area (Å²) in [6.07, 6.45) is 1.12. The van der Waals surface area contributed by atoms with E-state index in [9.17, 15) is 14.4 Å². The first-order valence-electron chi connectivity index (χ1n) is 9.01. The minimum atomic E-state index is -1.26. The molecule has 1 aliphatic heterocycles. The molecule has 1 saturated heterocycles. The van der Waals surface area contributed by atoms with E-state index in [1.165, 1.54) is 0 Å². The van der Waals surface area contributed by atoms with Crippen molar-refractivity contribution in [2.75, 3.05) is 58.3 Å². The Kier molecular flexibility index (Phi) is 10.6. The van der Waals surface area contributed by atoms with E-state index in [2.05, 4.69) is 21.2 Å². The zero-order valence-corrected chi connectivity index (χ0v) is 17.3. The van der Waals surface area contributed by atoms with E-state index in [0.29, 0.717) is 18.7 Å². The number of anilines is 1. The second-order valence-electron chi connectivity index (χ2n) is 6.50. The van der Waals surface area contributed by atoms with Gasteiger partial charge in [0.15, 0.2) is 0 Å². The van der Waals surface area contributed by atoms with E-state index in [4.69, 9.17) is 21.8 Å². The summed E-state index contributed by atoms with van der Waals surface area (Å²) in [6, 6.07) is 7.88. The van der Waals surface area contributed by atoms with Gasteiger partial charge in [0.25, 0.3) is 0 Å². The highest BCUT2D eigenvalue weighted by Gasteiger charge is 2.21. The maximum absolute atomic E-state index is 12.0. The summed E-state index contributed by atoms with van der Waals surface area (Å²) in [4.78, 5) is 37.3. The predicted octanol–water partition coefficient (Wildman–Crippen LogP) is 1.45. The zero-order chi connectivity index (χ0) is 21.8. The lowest BCUT2D eigenvalue weighted by molar-refractivity contribution is -0.134. The van der Waals surface area contributed by atoms with E-state index in [-0.39, 0.29) is 6.03 Å². The number of carbonyl (C=O) groups excluding carboxylic acids is 1. The van der Waals surface area contributed by atoms with Gasteiger partial charge in [0.1, 0.15) is 0 Å². The summed E-state index contributed by atoms with van der Waals surface area (Å²) in [7, 11) is 3.99. The number of benzene rings is 1. The molecule has 0 atom stereocenters. The average molecular weight is 427 g/mol. The zero-order valence-electron chi connectivity index (χ0n) is 16.5. The van der Waals surface area contributed by atoms with Crippen molar-refractivity contribution in [2.24, 2.45) is 0 Å². The van der Waals surface area contributed by atoms with Crippen molar-refractivity contribution >= 4 is 35.3 Å². The molecule has 0 radical (unpaired) electrons. The minimum absolute atomic E-state index is 0.0302. The first-order chi connectivity index (χ1) is 13.7. The molecule has 0 unspecified atom stereocenters. The number of carboxylic acids is 2. The molecule has 2 rings (SSSR count). The van der Waals surface area contributed by atoms with Crippen molar-refractivity contribution in [3.8, 4) is 0 Å². The van der Waals surface area contributed by atoms with Crippen LogP contribution in [0, 0.1) is 0 Å². The molecular weight excluding hydrogens is 400 g/mol. The lowest BCUT2D eigenvalue weighted by atomic mass is 10.2. The third kappa shape index (κ3) is 10.4. The molecule has 0 saturated carbocycles. The number of amides is 2. The molecule has 0 aromatic heterocycles. The maximum atomic E-state index is 12.0. The van der Waals surface area contributed by atoms with Crippen molar-refractivity contribution in [1.29, 1.82) is 0 Å². The predicted molar refractivity (Wildman–Crippen MR) is 112 cm³/mol. The first-order valence-corrected chi connectivity index (χ1v) is 9.38. The van der Waals surface area contributed by atoms with Gasteiger partial charge in [-0.25, -0.2) is 14.4 Å². The molecule has 3 N–H and O–H groups in total. The number of hydrogen-bond donors (Lipinski definition) is 3. The molecule has 1 fully saturated rings. The number of hydrogen-bond acceptors (Lipinski definition) is 5. The number of rotatable bonds is 6. The summed E-state index contributed by atoms with van der Waals surface area (Å²) >= 11 is 6.02.